The van der Waals surface area contributed by atoms with Crippen LogP contribution in [0, 0.1) is 22.7 Å². The van der Waals surface area contributed by atoms with E-state index in [0.717, 1.165) is 0 Å². The van der Waals surface area contributed by atoms with Crippen LogP contribution in [0.5, 0.6) is 0 Å². The highest BCUT2D eigenvalue weighted by molar-refractivity contribution is 5.97. The first-order valence-corrected chi connectivity index (χ1v) is 5.85. The van der Waals surface area contributed by atoms with Crippen molar-refractivity contribution in [3.05, 3.63) is 11.6 Å². The topological polar surface area (TPSA) is 64.3 Å². The Balaban J connectivity index is 2.83. The van der Waals surface area contributed by atoms with Gasteiger partial charge in [-0.05, 0) is 5.41 Å². The minimum Gasteiger partial charge on any atom is -0.391 e. The summed E-state index contributed by atoms with van der Waals surface area (Å²) in [4.78, 5) is 13.6. The van der Waals surface area contributed by atoms with Crippen LogP contribution >= 0.6 is 0 Å². The van der Waals surface area contributed by atoms with Crippen LogP contribution in [0.4, 0.5) is 0 Å². The standard InChI is InChI=1S/C13H20N2O2/c1-9-7-15(8-11(9)16)12(17)10(6-14)5-13(2,3)4/h5,9,11,16H,7-8H2,1-4H3/b10-5+/t9?,11-/m1/s1. The first-order valence-electron chi connectivity index (χ1n) is 5.85. The van der Waals surface area contributed by atoms with Crippen molar-refractivity contribution >= 4 is 5.91 Å². The molecule has 0 bridgehead atoms. The summed E-state index contributed by atoms with van der Waals surface area (Å²) in [6, 6.07) is 1.95. The van der Waals surface area contributed by atoms with Crippen LogP contribution in [0.2, 0.25) is 0 Å². The Morgan fingerprint density at radius 2 is 2.06 bits per heavy atom. The summed E-state index contributed by atoms with van der Waals surface area (Å²) in [6.07, 6.45) is 1.21. The molecule has 1 aliphatic heterocycles. The first kappa shape index (κ1) is 13.7. The Bertz CT molecular complexity index is 364. The van der Waals surface area contributed by atoms with E-state index in [4.69, 9.17) is 5.26 Å². The molecule has 0 aromatic heterocycles. The number of likely N-dealkylation sites (tertiary alicyclic amines) is 1. The normalized spacial score (nSPS) is 25.9. The molecule has 0 saturated carbocycles. The maximum absolute atomic E-state index is 12.1. The molecule has 2 atom stereocenters. The van der Waals surface area contributed by atoms with Crippen molar-refractivity contribution in [3.8, 4) is 6.07 Å². The number of amides is 1. The lowest BCUT2D eigenvalue weighted by Crippen LogP contribution is -2.31. The summed E-state index contributed by atoms with van der Waals surface area (Å²) in [5.41, 5.74) is -0.0381. The number of β-amino-alcohol motifs (C(OH)–C–C–N with tert-alkyl or cyclic N) is 1. The molecule has 1 heterocycles. The molecule has 4 nitrogen and oxygen atoms in total. The molecular weight excluding hydrogens is 216 g/mol. The van der Waals surface area contributed by atoms with Crippen molar-refractivity contribution in [3.63, 3.8) is 0 Å². The minimum atomic E-state index is -0.478. The van der Waals surface area contributed by atoms with E-state index in [1.165, 1.54) is 0 Å². The van der Waals surface area contributed by atoms with Crippen LogP contribution in [-0.4, -0.2) is 35.1 Å². The van der Waals surface area contributed by atoms with E-state index >= 15 is 0 Å². The van der Waals surface area contributed by atoms with Crippen LogP contribution in [0.3, 0.4) is 0 Å². The zero-order valence-electron chi connectivity index (χ0n) is 10.9. The number of rotatable bonds is 1. The van der Waals surface area contributed by atoms with Crippen LogP contribution in [-0.2, 0) is 4.79 Å². The molecule has 0 aromatic carbocycles. The van der Waals surface area contributed by atoms with Gasteiger partial charge in [-0.2, -0.15) is 5.26 Å². The van der Waals surface area contributed by atoms with Gasteiger partial charge in [-0.25, -0.2) is 0 Å². The molecule has 1 aliphatic rings. The fourth-order valence-electron chi connectivity index (χ4n) is 1.86. The molecule has 1 rings (SSSR count). The Morgan fingerprint density at radius 1 is 1.47 bits per heavy atom. The monoisotopic (exact) mass is 236 g/mol. The maximum atomic E-state index is 12.1. The van der Waals surface area contributed by atoms with Crippen molar-refractivity contribution < 1.29 is 9.90 Å². The van der Waals surface area contributed by atoms with Gasteiger partial charge in [0.1, 0.15) is 11.6 Å². The Labute approximate surface area is 103 Å². The van der Waals surface area contributed by atoms with Gasteiger partial charge in [0, 0.05) is 19.0 Å². The molecular formula is C13H20N2O2. The molecule has 1 unspecified atom stereocenters. The molecule has 17 heavy (non-hydrogen) atoms. The van der Waals surface area contributed by atoms with Gasteiger partial charge in [0.2, 0.25) is 0 Å². The average Bonchev–Trinajstić information content (AvgIpc) is 2.53. The number of hydrogen-bond acceptors (Lipinski definition) is 3. The lowest BCUT2D eigenvalue weighted by atomic mass is 9.93. The van der Waals surface area contributed by atoms with Gasteiger partial charge in [0.15, 0.2) is 0 Å². The predicted molar refractivity (Wildman–Crippen MR) is 64.9 cm³/mol. The number of hydrogen-bond donors (Lipinski definition) is 1. The third-order valence-corrected chi connectivity index (χ3v) is 2.79. The van der Waals surface area contributed by atoms with Crippen LogP contribution in [0.15, 0.2) is 11.6 Å². The van der Waals surface area contributed by atoms with Gasteiger partial charge in [0.05, 0.1) is 6.10 Å². The average molecular weight is 236 g/mol. The maximum Gasteiger partial charge on any atom is 0.264 e. The second-order valence-electron chi connectivity index (χ2n) is 5.79. The Hall–Kier alpha value is -1.34. The third-order valence-electron chi connectivity index (χ3n) is 2.79. The van der Waals surface area contributed by atoms with Crippen molar-refractivity contribution in [1.29, 1.82) is 5.26 Å². The molecule has 1 saturated heterocycles. The number of nitrogens with zero attached hydrogens (tertiary/aromatic N) is 2. The lowest BCUT2D eigenvalue weighted by Gasteiger charge is -2.17. The molecule has 1 fully saturated rings. The van der Waals surface area contributed by atoms with Crippen molar-refractivity contribution in [2.24, 2.45) is 11.3 Å². The number of allylic oxidation sites excluding steroid dienone is 1. The van der Waals surface area contributed by atoms with Crippen molar-refractivity contribution in [1.82, 2.24) is 4.90 Å². The Kier molecular flexibility index (Phi) is 3.94. The summed E-state index contributed by atoms with van der Waals surface area (Å²) in [7, 11) is 0. The van der Waals surface area contributed by atoms with Gasteiger partial charge in [-0.3, -0.25) is 4.79 Å². The molecule has 0 aromatic rings. The number of carbonyl (C=O) groups excluding carboxylic acids is 1. The van der Waals surface area contributed by atoms with Crippen LogP contribution < -0.4 is 0 Å². The molecule has 0 aliphatic carbocycles. The fraction of sp³-hybridized carbons (Fsp3) is 0.692. The van der Waals surface area contributed by atoms with Gasteiger partial charge >= 0.3 is 0 Å². The van der Waals surface area contributed by atoms with E-state index in [-0.39, 0.29) is 22.8 Å². The van der Waals surface area contributed by atoms with E-state index in [2.05, 4.69) is 0 Å². The summed E-state index contributed by atoms with van der Waals surface area (Å²) in [5.74, 6) is -0.195. The van der Waals surface area contributed by atoms with Crippen LogP contribution in [0.1, 0.15) is 27.7 Å². The lowest BCUT2D eigenvalue weighted by molar-refractivity contribution is -0.126. The number of nitriles is 1. The Morgan fingerprint density at radius 3 is 2.41 bits per heavy atom. The van der Waals surface area contributed by atoms with E-state index in [1.807, 2.05) is 33.8 Å². The summed E-state index contributed by atoms with van der Waals surface area (Å²) < 4.78 is 0. The van der Waals surface area contributed by atoms with Crippen molar-refractivity contribution in [2.45, 2.75) is 33.8 Å². The predicted octanol–water partition coefficient (Wildman–Crippen LogP) is 1.32. The molecule has 0 spiro atoms. The highest BCUT2D eigenvalue weighted by Gasteiger charge is 2.32. The number of carbonyl (C=O) groups is 1. The molecule has 0 radical (unpaired) electrons. The van der Waals surface area contributed by atoms with E-state index in [9.17, 15) is 9.90 Å². The second-order valence-corrected chi connectivity index (χ2v) is 5.79. The summed E-state index contributed by atoms with van der Waals surface area (Å²) in [6.45, 7) is 8.57. The van der Waals surface area contributed by atoms with Gasteiger partial charge in [0.25, 0.3) is 5.91 Å². The highest BCUT2D eigenvalue weighted by Crippen LogP contribution is 2.22. The molecule has 1 N–H and O–H groups in total. The highest BCUT2D eigenvalue weighted by atomic mass is 16.3. The summed E-state index contributed by atoms with van der Waals surface area (Å²) in [5, 5.41) is 18.6. The second kappa shape index (κ2) is 4.89. The fourth-order valence-corrected chi connectivity index (χ4v) is 1.86. The molecule has 94 valence electrons. The van der Waals surface area contributed by atoms with E-state index in [1.54, 1.807) is 11.0 Å². The number of aliphatic hydroxyl groups is 1. The van der Waals surface area contributed by atoms with Crippen LogP contribution in [0.25, 0.3) is 0 Å². The quantitative estimate of drug-likeness (QED) is 0.551. The van der Waals surface area contributed by atoms with Gasteiger partial charge in [-0.1, -0.05) is 33.8 Å². The molecule has 4 heteroatoms. The zero-order valence-corrected chi connectivity index (χ0v) is 10.9. The molecule has 1 amide bonds. The van der Waals surface area contributed by atoms with Gasteiger partial charge in [-0.15, -0.1) is 0 Å². The summed E-state index contributed by atoms with van der Waals surface area (Å²) >= 11 is 0. The van der Waals surface area contributed by atoms with Crippen molar-refractivity contribution in [2.75, 3.05) is 13.1 Å². The van der Waals surface area contributed by atoms with E-state index < -0.39 is 6.10 Å². The SMILES string of the molecule is CC1CN(C(=O)/C(C#N)=C/C(C)(C)C)C[C@H]1O. The number of aliphatic hydroxyl groups excluding tert-OH is 1. The minimum absolute atomic E-state index is 0.0773. The van der Waals surface area contributed by atoms with Gasteiger partial charge < -0.3 is 10.0 Å². The largest absolute Gasteiger partial charge is 0.391 e. The third kappa shape index (κ3) is 3.57. The zero-order chi connectivity index (χ0) is 13.2. The first-order chi connectivity index (χ1) is 7.74. The van der Waals surface area contributed by atoms with E-state index in [0.29, 0.717) is 13.1 Å². The smallest absolute Gasteiger partial charge is 0.264 e.